The molecule has 0 bridgehead atoms. The average Bonchev–Trinajstić information content (AvgIpc) is 2.96. The van der Waals surface area contributed by atoms with E-state index in [1.165, 1.54) is 0 Å². The first-order valence-corrected chi connectivity index (χ1v) is 8.33. The third-order valence-electron chi connectivity index (χ3n) is 3.57. The molecule has 0 aliphatic heterocycles. The second-order valence-electron chi connectivity index (χ2n) is 5.06. The standard InChI is InChI=1S/C16H10BrN3OS/c1-8-4-12-10(6-11(8)17)16(21)20-15(19-12)13-5-9-2-3-22-14(9)7-18-13/h2-7H,1H3,(H,19,20,21). The van der Waals surface area contributed by atoms with Crippen LogP contribution in [0.1, 0.15) is 5.56 Å². The van der Waals surface area contributed by atoms with Gasteiger partial charge in [-0.2, -0.15) is 0 Å². The van der Waals surface area contributed by atoms with E-state index in [9.17, 15) is 4.79 Å². The fraction of sp³-hybridized carbons (Fsp3) is 0.0625. The number of nitrogens with one attached hydrogen (secondary N) is 1. The first kappa shape index (κ1) is 13.6. The Kier molecular flexibility index (Phi) is 3.09. The number of aromatic amines is 1. The van der Waals surface area contributed by atoms with Gasteiger partial charge in [0.15, 0.2) is 5.82 Å². The van der Waals surface area contributed by atoms with Crippen molar-refractivity contribution in [2.75, 3.05) is 0 Å². The maximum Gasteiger partial charge on any atom is 0.259 e. The molecular formula is C16H10BrN3OS. The Hall–Kier alpha value is -2.05. The zero-order chi connectivity index (χ0) is 15.3. The number of pyridine rings is 1. The lowest BCUT2D eigenvalue weighted by molar-refractivity contribution is 1.15. The molecule has 0 saturated carbocycles. The lowest BCUT2D eigenvalue weighted by Gasteiger charge is -2.05. The Morgan fingerprint density at radius 1 is 1.27 bits per heavy atom. The number of aromatic nitrogens is 3. The van der Waals surface area contributed by atoms with Crippen molar-refractivity contribution in [2.45, 2.75) is 6.92 Å². The third-order valence-corrected chi connectivity index (χ3v) is 5.29. The Labute approximate surface area is 138 Å². The number of hydrogen-bond donors (Lipinski definition) is 1. The number of nitrogens with zero attached hydrogens (tertiary/aromatic N) is 2. The van der Waals surface area contributed by atoms with Gasteiger partial charge in [-0.1, -0.05) is 15.9 Å². The van der Waals surface area contributed by atoms with Crippen LogP contribution < -0.4 is 5.56 Å². The highest BCUT2D eigenvalue weighted by atomic mass is 79.9. The highest BCUT2D eigenvalue weighted by molar-refractivity contribution is 9.10. The van der Waals surface area contributed by atoms with Crippen LogP contribution in [0.3, 0.4) is 0 Å². The van der Waals surface area contributed by atoms with E-state index < -0.39 is 0 Å². The van der Waals surface area contributed by atoms with Gasteiger partial charge in [0.25, 0.3) is 5.56 Å². The lowest BCUT2D eigenvalue weighted by Crippen LogP contribution is -2.10. The van der Waals surface area contributed by atoms with E-state index in [0.717, 1.165) is 20.1 Å². The van der Waals surface area contributed by atoms with E-state index in [4.69, 9.17) is 0 Å². The second kappa shape index (κ2) is 5.00. The van der Waals surface area contributed by atoms with Gasteiger partial charge in [-0.3, -0.25) is 9.78 Å². The summed E-state index contributed by atoms with van der Waals surface area (Å²) in [5, 5.41) is 3.69. The first-order valence-electron chi connectivity index (χ1n) is 6.65. The third kappa shape index (κ3) is 2.15. The number of H-pyrrole nitrogens is 1. The largest absolute Gasteiger partial charge is 0.305 e. The summed E-state index contributed by atoms with van der Waals surface area (Å²) in [5.41, 5.74) is 2.22. The molecule has 0 fully saturated rings. The molecular weight excluding hydrogens is 362 g/mol. The van der Waals surface area contributed by atoms with Crippen LogP contribution in [0.4, 0.5) is 0 Å². The van der Waals surface area contributed by atoms with E-state index in [2.05, 4.69) is 30.9 Å². The van der Waals surface area contributed by atoms with Gasteiger partial charge in [0.05, 0.1) is 15.6 Å². The molecule has 0 unspecified atom stereocenters. The average molecular weight is 372 g/mol. The monoisotopic (exact) mass is 371 g/mol. The van der Waals surface area contributed by atoms with Crippen molar-refractivity contribution < 1.29 is 0 Å². The molecule has 1 aromatic carbocycles. The van der Waals surface area contributed by atoms with Crippen LogP contribution in [-0.2, 0) is 0 Å². The van der Waals surface area contributed by atoms with Crippen molar-refractivity contribution in [3.05, 3.63) is 56.2 Å². The summed E-state index contributed by atoms with van der Waals surface area (Å²) in [5.74, 6) is 0.493. The van der Waals surface area contributed by atoms with Gasteiger partial charge < -0.3 is 4.98 Å². The molecule has 0 atom stereocenters. The number of benzene rings is 1. The molecule has 1 N–H and O–H groups in total. The molecule has 3 aromatic heterocycles. The molecule has 6 heteroatoms. The van der Waals surface area contributed by atoms with Crippen molar-refractivity contribution in [2.24, 2.45) is 0 Å². The molecule has 0 amide bonds. The van der Waals surface area contributed by atoms with Gasteiger partial charge in [0, 0.05) is 10.7 Å². The van der Waals surface area contributed by atoms with Gasteiger partial charge >= 0.3 is 0 Å². The number of hydrogen-bond acceptors (Lipinski definition) is 4. The van der Waals surface area contributed by atoms with Crippen LogP contribution in [0.2, 0.25) is 0 Å². The molecule has 0 radical (unpaired) electrons. The highest BCUT2D eigenvalue weighted by Gasteiger charge is 2.10. The minimum atomic E-state index is -0.159. The molecule has 4 nitrogen and oxygen atoms in total. The Morgan fingerprint density at radius 3 is 3.00 bits per heavy atom. The summed E-state index contributed by atoms with van der Waals surface area (Å²) in [7, 11) is 0. The minimum Gasteiger partial charge on any atom is -0.305 e. The van der Waals surface area contributed by atoms with E-state index in [1.54, 1.807) is 17.4 Å². The van der Waals surface area contributed by atoms with Crippen LogP contribution in [-0.4, -0.2) is 15.0 Å². The molecule has 0 aliphatic rings. The number of fused-ring (bicyclic) bond motifs is 2. The first-order chi connectivity index (χ1) is 10.6. The van der Waals surface area contributed by atoms with Crippen LogP contribution in [0.25, 0.3) is 32.5 Å². The van der Waals surface area contributed by atoms with Gasteiger partial charge in [-0.15, -0.1) is 11.3 Å². The molecule has 4 aromatic rings. The van der Waals surface area contributed by atoms with E-state index >= 15 is 0 Å². The molecule has 0 spiro atoms. The summed E-state index contributed by atoms with van der Waals surface area (Å²) in [6.45, 7) is 1.97. The number of halogens is 1. The predicted molar refractivity (Wildman–Crippen MR) is 93.4 cm³/mol. The van der Waals surface area contributed by atoms with E-state index in [0.29, 0.717) is 22.4 Å². The molecule has 0 saturated heterocycles. The Balaban J connectivity index is 1.98. The fourth-order valence-corrected chi connectivity index (χ4v) is 3.46. The van der Waals surface area contributed by atoms with E-state index in [1.807, 2.05) is 36.7 Å². The molecule has 3 heterocycles. The SMILES string of the molecule is Cc1cc2nc(-c3cc4ccsc4cn3)[nH]c(=O)c2cc1Br. The maximum absolute atomic E-state index is 12.3. The molecule has 4 rings (SSSR count). The fourth-order valence-electron chi connectivity index (χ4n) is 2.38. The highest BCUT2D eigenvalue weighted by Crippen LogP contribution is 2.25. The van der Waals surface area contributed by atoms with Crippen molar-refractivity contribution >= 4 is 48.3 Å². The zero-order valence-electron chi connectivity index (χ0n) is 11.6. The smallest absolute Gasteiger partial charge is 0.259 e. The van der Waals surface area contributed by atoms with Crippen molar-refractivity contribution in [3.8, 4) is 11.5 Å². The van der Waals surface area contributed by atoms with Crippen LogP contribution >= 0.6 is 27.3 Å². The molecule has 22 heavy (non-hydrogen) atoms. The summed E-state index contributed by atoms with van der Waals surface area (Å²) in [6, 6.07) is 7.68. The minimum absolute atomic E-state index is 0.159. The summed E-state index contributed by atoms with van der Waals surface area (Å²) in [6.07, 6.45) is 1.81. The summed E-state index contributed by atoms with van der Waals surface area (Å²) < 4.78 is 2.02. The second-order valence-corrected chi connectivity index (χ2v) is 6.86. The molecule has 0 aliphatic carbocycles. The van der Waals surface area contributed by atoms with Gasteiger partial charge in [0.2, 0.25) is 0 Å². The number of thiophene rings is 1. The lowest BCUT2D eigenvalue weighted by atomic mass is 10.1. The molecule has 108 valence electrons. The quantitative estimate of drug-likeness (QED) is 0.543. The van der Waals surface area contributed by atoms with Crippen LogP contribution in [0, 0.1) is 6.92 Å². The summed E-state index contributed by atoms with van der Waals surface area (Å²) in [4.78, 5) is 24.1. The van der Waals surface area contributed by atoms with Crippen molar-refractivity contribution in [3.63, 3.8) is 0 Å². The summed E-state index contributed by atoms with van der Waals surface area (Å²) >= 11 is 5.09. The normalized spacial score (nSPS) is 11.4. The van der Waals surface area contributed by atoms with Gasteiger partial charge in [-0.25, -0.2) is 4.98 Å². The topological polar surface area (TPSA) is 58.6 Å². The van der Waals surface area contributed by atoms with Gasteiger partial charge in [-0.05, 0) is 47.5 Å². The number of aryl methyl sites for hydroxylation is 1. The van der Waals surface area contributed by atoms with Crippen LogP contribution in [0.15, 0.2) is 45.1 Å². The van der Waals surface area contributed by atoms with Gasteiger partial charge in [0.1, 0.15) is 5.69 Å². The Bertz CT molecular complexity index is 1080. The number of rotatable bonds is 1. The van der Waals surface area contributed by atoms with Crippen LogP contribution in [0.5, 0.6) is 0 Å². The van der Waals surface area contributed by atoms with Crippen molar-refractivity contribution in [1.29, 1.82) is 0 Å². The Morgan fingerprint density at radius 2 is 2.14 bits per heavy atom. The maximum atomic E-state index is 12.3. The predicted octanol–water partition coefficient (Wildman–Crippen LogP) is 4.27. The van der Waals surface area contributed by atoms with Crippen molar-refractivity contribution in [1.82, 2.24) is 15.0 Å². The van der Waals surface area contributed by atoms with E-state index in [-0.39, 0.29) is 5.56 Å². The zero-order valence-corrected chi connectivity index (χ0v) is 14.0.